The van der Waals surface area contributed by atoms with Crippen LogP contribution >= 0.6 is 0 Å². The number of morpholine rings is 1. The van der Waals surface area contributed by atoms with Crippen molar-refractivity contribution in [1.29, 1.82) is 0 Å². The molecule has 0 aliphatic carbocycles. The summed E-state index contributed by atoms with van der Waals surface area (Å²) in [7, 11) is 1.62. The molecule has 1 amide bonds. The summed E-state index contributed by atoms with van der Waals surface area (Å²) < 4.78 is 5.08. The SMILES string of the molecule is C\C=C/C=C1/NC(=O)CO/C1=N/C. The summed E-state index contributed by atoms with van der Waals surface area (Å²) in [6, 6.07) is 0. The second-order valence-corrected chi connectivity index (χ2v) is 2.47. The topological polar surface area (TPSA) is 50.7 Å². The fraction of sp³-hybridized carbons (Fsp3) is 0.333. The van der Waals surface area contributed by atoms with E-state index in [1.165, 1.54) is 0 Å². The van der Waals surface area contributed by atoms with Crippen molar-refractivity contribution in [3.05, 3.63) is 23.9 Å². The summed E-state index contributed by atoms with van der Waals surface area (Å²) >= 11 is 0. The van der Waals surface area contributed by atoms with Gasteiger partial charge < -0.3 is 10.1 Å². The first-order valence-electron chi connectivity index (χ1n) is 4.00. The number of ether oxygens (including phenoxy) is 1. The molecule has 4 nitrogen and oxygen atoms in total. The molecular formula is C9H12N2O2. The van der Waals surface area contributed by atoms with Gasteiger partial charge in [0.1, 0.15) is 5.70 Å². The second kappa shape index (κ2) is 4.45. The van der Waals surface area contributed by atoms with Gasteiger partial charge in [-0.05, 0) is 13.0 Å². The zero-order chi connectivity index (χ0) is 9.68. The van der Waals surface area contributed by atoms with Crippen molar-refractivity contribution in [2.75, 3.05) is 13.7 Å². The van der Waals surface area contributed by atoms with E-state index in [1.54, 1.807) is 13.1 Å². The molecule has 1 aliphatic heterocycles. The van der Waals surface area contributed by atoms with Crippen LogP contribution in [0.3, 0.4) is 0 Å². The van der Waals surface area contributed by atoms with E-state index >= 15 is 0 Å². The summed E-state index contributed by atoms with van der Waals surface area (Å²) in [5, 5.41) is 2.67. The molecular weight excluding hydrogens is 168 g/mol. The third-order valence-corrected chi connectivity index (χ3v) is 1.50. The second-order valence-electron chi connectivity index (χ2n) is 2.47. The van der Waals surface area contributed by atoms with Crippen LogP contribution in [0.5, 0.6) is 0 Å². The largest absolute Gasteiger partial charge is 0.466 e. The van der Waals surface area contributed by atoms with E-state index in [2.05, 4.69) is 10.3 Å². The molecule has 0 bridgehead atoms. The molecule has 4 heteroatoms. The van der Waals surface area contributed by atoms with Crippen LogP contribution in [0.4, 0.5) is 0 Å². The fourth-order valence-electron chi connectivity index (χ4n) is 0.942. The van der Waals surface area contributed by atoms with Gasteiger partial charge in [0.15, 0.2) is 6.61 Å². The van der Waals surface area contributed by atoms with Crippen LogP contribution in [0.25, 0.3) is 0 Å². The lowest BCUT2D eigenvalue weighted by Gasteiger charge is -2.17. The average molecular weight is 180 g/mol. The Labute approximate surface area is 77.0 Å². The maximum atomic E-state index is 10.9. The summed E-state index contributed by atoms with van der Waals surface area (Å²) in [5.74, 6) is 0.320. The van der Waals surface area contributed by atoms with Gasteiger partial charge in [0.25, 0.3) is 5.91 Å². The van der Waals surface area contributed by atoms with Gasteiger partial charge in [0, 0.05) is 7.05 Å². The van der Waals surface area contributed by atoms with Gasteiger partial charge in [-0.25, -0.2) is 0 Å². The molecule has 13 heavy (non-hydrogen) atoms. The zero-order valence-corrected chi connectivity index (χ0v) is 7.70. The molecule has 70 valence electrons. The molecule has 0 aromatic rings. The van der Waals surface area contributed by atoms with Crippen LogP contribution in [-0.2, 0) is 9.53 Å². The number of allylic oxidation sites excluding steroid dienone is 3. The van der Waals surface area contributed by atoms with Gasteiger partial charge in [-0.3, -0.25) is 9.79 Å². The number of hydrogen-bond donors (Lipinski definition) is 1. The third kappa shape index (κ3) is 2.43. The highest BCUT2D eigenvalue weighted by Crippen LogP contribution is 2.02. The van der Waals surface area contributed by atoms with Gasteiger partial charge in [0.05, 0.1) is 0 Å². The van der Waals surface area contributed by atoms with Crippen molar-refractivity contribution in [3.8, 4) is 0 Å². The van der Waals surface area contributed by atoms with Crippen molar-refractivity contribution < 1.29 is 9.53 Å². The molecule has 0 spiro atoms. The minimum Gasteiger partial charge on any atom is -0.466 e. The monoisotopic (exact) mass is 180 g/mol. The van der Waals surface area contributed by atoms with Crippen molar-refractivity contribution in [2.24, 2.45) is 4.99 Å². The number of hydrogen-bond acceptors (Lipinski definition) is 3. The highest BCUT2D eigenvalue weighted by molar-refractivity contribution is 6.01. The van der Waals surface area contributed by atoms with Gasteiger partial charge in [-0.15, -0.1) is 0 Å². The number of amides is 1. The first-order valence-corrected chi connectivity index (χ1v) is 4.00. The molecule has 1 rings (SSSR count). The molecule has 1 fully saturated rings. The smallest absolute Gasteiger partial charge is 0.262 e. The van der Waals surface area contributed by atoms with Crippen LogP contribution < -0.4 is 5.32 Å². The molecule has 1 heterocycles. The fourth-order valence-corrected chi connectivity index (χ4v) is 0.942. The Hall–Kier alpha value is -1.58. The Kier molecular flexibility index (Phi) is 3.25. The van der Waals surface area contributed by atoms with E-state index in [9.17, 15) is 4.79 Å². The number of carbonyl (C=O) groups is 1. The Morgan fingerprint density at radius 1 is 1.62 bits per heavy atom. The van der Waals surface area contributed by atoms with Crippen LogP contribution in [0, 0.1) is 0 Å². The summed E-state index contributed by atoms with van der Waals surface area (Å²) in [6.07, 6.45) is 5.43. The van der Waals surface area contributed by atoms with Crippen molar-refractivity contribution >= 4 is 11.8 Å². The average Bonchev–Trinajstić information content (AvgIpc) is 2.15. The van der Waals surface area contributed by atoms with Crippen molar-refractivity contribution in [2.45, 2.75) is 6.92 Å². The number of nitrogens with zero attached hydrogens (tertiary/aromatic N) is 1. The highest BCUT2D eigenvalue weighted by atomic mass is 16.5. The maximum Gasteiger partial charge on any atom is 0.262 e. The summed E-state index contributed by atoms with van der Waals surface area (Å²) in [4.78, 5) is 14.8. The van der Waals surface area contributed by atoms with Gasteiger partial charge >= 0.3 is 0 Å². The predicted molar refractivity (Wildman–Crippen MR) is 50.4 cm³/mol. The Morgan fingerprint density at radius 2 is 2.38 bits per heavy atom. The van der Waals surface area contributed by atoms with Crippen LogP contribution in [0.1, 0.15) is 6.92 Å². The van der Waals surface area contributed by atoms with E-state index in [0.29, 0.717) is 11.6 Å². The lowest BCUT2D eigenvalue weighted by molar-refractivity contribution is -0.123. The number of nitrogens with one attached hydrogen (secondary N) is 1. The Bertz CT molecular complexity index is 290. The molecule has 0 unspecified atom stereocenters. The number of rotatable bonds is 1. The molecule has 0 aromatic heterocycles. The Balaban J connectivity index is 2.83. The number of carbonyl (C=O) groups excluding carboxylic acids is 1. The molecule has 1 aliphatic rings. The molecule has 0 radical (unpaired) electrons. The van der Waals surface area contributed by atoms with Crippen molar-refractivity contribution in [1.82, 2.24) is 5.32 Å². The maximum absolute atomic E-state index is 10.9. The van der Waals surface area contributed by atoms with Crippen LogP contribution in [0.2, 0.25) is 0 Å². The van der Waals surface area contributed by atoms with Crippen LogP contribution in [-0.4, -0.2) is 25.5 Å². The molecule has 0 aromatic carbocycles. The van der Waals surface area contributed by atoms with E-state index in [1.807, 2.05) is 19.1 Å². The van der Waals surface area contributed by atoms with Gasteiger partial charge in [-0.1, -0.05) is 12.2 Å². The standard InChI is InChI=1S/C9H12N2O2/c1-3-4-5-7-9(10-2)13-6-8(12)11-7/h3-5H,6H2,1-2H3,(H,11,12)/b4-3-,7-5+,10-9+. The lowest BCUT2D eigenvalue weighted by Crippen LogP contribution is -2.38. The first-order chi connectivity index (χ1) is 6.27. The normalized spacial score (nSPS) is 23.7. The predicted octanol–water partition coefficient (Wildman–Crippen LogP) is 0.621. The Morgan fingerprint density at radius 3 is 3.00 bits per heavy atom. The zero-order valence-electron chi connectivity index (χ0n) is 7.70. The lowest BCUT2D eigenvalue weighted by atomic mass is 10.3. The molecule has 0 saturated carbocycles. The van der Waals surface area contributed by atoms with E-state index < -0.39 is 0 Å². The highest BCUT2D eigenvalue weighted by Gasteiger charge is 2.18. The number of aliphatic imine (C=N–C) groups is 1. The van der Waals surface area contributed by atoms with E-state index in [-0.39, 0.29) is 12.5 Å². The first kappa shape index (κ1) is 9.51. The van der Waals surface area contributed by atoms with Crippen molar-refractivity contribution in [3.63, 3.8) is 0 Å². The van der Waals surface area contributed by atoms with Gasteiger partial charge in [0.2, 0.25) is 5.90 Å². The van der Waals surface area contributed by atoms with Crippen LogP contribution in [0.15, 0.2) is 28.9 Å². The molecule has 1 N–H and O–H groups in total. The minimum atomic E-state index is -0.150. The van der Waals surface area contributed by atoms with Gasteiger partial charge in [-0.2, -0.15) is 0 Å². The third-order valence-electron chi connectivity index (χ3n) is 1.50. The summed E-state index contributed by atoms with van der Waals surface area (Å²) in [5.41, 5.74) is 0.608. The van der Waals surface area contributed by atoms with E-state index in [0.717, 1.165) is 0 Å². The van der Waals surface area contributed by atoms with E-state index in [4.69, 9.17) is 4.74 Å². The molecule has 0 atom stereocenters. The quantitative estimate of drug-likeness (QED) is 0.643. The minimum absolute atomic E-state index is 0.0415. The summed E-state index contributed by atoms with van der Waals surface area (Å²) in [6.45, 7) is 1.94. The molecule has 1 saturated heterocycles.